The number of rotatable bonds is 0. The molecule has 1 aliphatic heterocycles. The van der Waals surface area contributed by atoms with Crippen molar-refractivity contribution in [2.45, 2.75) is 18.7 Å². The Morgan fingerprint density at radius 2 is 2.38 bits per heavy atom. The van der Waals surface area contributed by atoms with E-state index in [9.17, 15) is 0 Å². The zero-order valence-corrected chi connectivity index (χ0v) is 5.82. The van der Waals surface area contributed by atoms with E-state index < -0.39 is 0 Å². The molecule has 0 aromatic rings. The maximum Gasteiger partial charge on any atom is 0.0632 e. The topological polar surface area (TPSA) is 9.23 Å². The quantitative estimate of drug-likeness (QED) is 0.458. The Morgan fingerprint density at radius 1 is 1.62 bits per heavy atom. The van der Waals surface area contributed by atoms with Gasteiger partial charge < -0.3 is 4.74 Å². The van der Waals surface area contributed by atoms with Gasteiger partial charge in [-0.3, -0.25) is 0 Å². The van der Waals surface area contributed by atoms with Gasteiger partial charge in [-0.25, -0.2) is 0 Å². The minimum Gasteiger partial charge on any atom is -0.380 e. The van der Waals surface area contributed by atoms with Crippen LogP contribution < -0.4 is 0 Å². The minimum absolute atomic E-state index is 0.253. The van der Waals surface area contributed by atoms with Gasteiger partial charge in [0.25, 0.3) is 0 Å². The van der Waals surface area contributed by atoms with Gasteiger partial charge in [0, 0.05) is 6.61 Å². The summed E-state index contributed by atoms with van der Waals surface area (Å²) >= 11 is 5.84. The minimum atomic E-state index is 0.253. The lowest BCUT2D eigenvalue weighted by molar-refractivity contribution is 0.0751. The van der Waals surface area contributed by atoms with Gasteiger partial charge in [0.1, 0.15) is 0 Å². The number of ether oxygens (including phenoxy) is 1. The summed E-state index contributed by atoms with van der Waals surface area (Å²) in [6, 6.07) is 0. The predicted molar refractivity (Wildman–Crippen MR) is 34.2 cm³/mol. The van der Waals surface area contributed by atoms with Crippen molar-refractivity contribution in [3.8, 4) is 0 Å². The van der Waals surface area contributed by atoms with Crippen molar-refractivity contribution in [3.63, 3.8) is 0 Å². The molecular formula is C6H11ClO. The number of alkyl halides is 1. The Hall–Kier alpha value is 0.250. The number of hydrogen-bond acceptors (Lipinski definition) is 1. The molecule has 1 aliphatic rings. The summed E-state index contributed by atoms with van der Waals surface area (Å²) in [5.74, 6) is 0.644. The van der Waals surface area contributed by atoms with Crippen LogP contribution in [0.15, 0.2) is 0 Å². The Morgan fingerprint density at radius 3 is 2.75 bits per heavy atom. The Balaban J connectivity index is 2.28. The highest BCUT2D eigenvalue weighted by atomic mass is 35.5. The molecule has 0 radical (unpaired) electrons. The summed E-state index contributed by atoms with van der Waals surface area (Å²) in [5, 5.41) is 0.253. The first-order chi connectivity index (χ1) is 3.80. The highest BCUT2D eigenvalue weighted by Crippen LogP contribution is 2.18. The summed E-state index contributed by atoms with van der Waals surface area (Å²) in [5.41, 5.74) is 0. The normalized spacial score (nSPS) is 39.8. The molecule has 2 heteroatoms. The summed E-state index contributed by atoms with van der Waals surface area (Å²) in [4.78, 5) is 0. The first-order valence-electron chi connectivity index (χ1n) is 3.02. The van der Waals surface area contributed by atoms with E-state index in [1.807, 2.05) is 0 Å². The second kappa shape index (κ2) is 2.70. The molecule has 0 spiro atoms. The maximum absolute atomic E-state index is 5.84. The van der Waals surface area contributed by atoms with Gasteiger partial charge in [0.2, 0.25) is 0 Å². The second-order valence-corrected chi connectivity index (χ2v) is 2.92. The molecule has 1 fully saturated rings. The average Bonchev–Trinajstić information content (AvgIpc) is 1.77. The van der Waals surface area contributed by atoms with E-state index >= 15 is 0 Å². The molecule has 1 heterocycles. The van der Waals surface area contributed by atoms with Crippen LogP contribution >= 0.6 is 11.6 Å². The summed E-state index contributed by atoms with van der Waals surface area (Å²) in [6.07, 6.45) is 1.12. The molecule has 48 valence electrons. The summed E-state index contributed by atoms with van der Waals surface area (Å²) < 4.78 is 5.12. The van der Waals surface area contributed by atoms with Crippen molar-refractivity contribution in [2.24, 2.45) is 5.92 Å². The Labute approximate surface area is 55.0 Å². The lowest BCUT2D eigenvalue weighted by Gasteiger charge is -2.23. The summed E-state index contributed by atoms with van der Waals surface area (Å²) in [7, 11) is 0. The molecule has 0 saturated carbocycles. The smallest absolute Gasteiger partial charge is 0.0632 e. The number of hydrogen-bond donors (Lipinski definition) is 0. The van der Waals surface area contributed by atoms with Crippen LogP contribution in [0.2, 0.25) is 0 Å². The molecule has 0 aliphatic carbocycles. The fourth-order valence-electron chi connectivity index (χ4n) is 0.810. The van der Waals surface area contributed by atoms with Gasteiger partial charge in [-0.2, -0.15) is 0 Å². The molecule has 0 N–H and O–H groups in total. The zero-order valence-electron chi connectivity index (χ0n) is 5.06. The fourth-order valence-corrected chi connectivity index (χ4v) is 1.03. The van der Waals surface area contributed by atoms with E-state index in [4.69, 9.17) is 16.3 Å². The van der Waals surface area contributed by atoms with E-state index in [0.717, 1.165) is 19.6 Å². The van der Waals surface area contributed by atoms with Crippen LogP contribution in [0.25, 0.3) is 0 Å². The van der Waals surface area contributed by atoms with E-state index in [2.05, 4.69) is 6.92 Å². The fraction of sp³-hybridized carbons (Fsp3) is 1.00. The second-order valence-electron chi connectivity index (χ2n) is 2.36. The van der Waals surface area contributed by atoms with Crippen LogP contribution in [0.4, 0.5) is 0 Å². The third-order valence-corrected chi connectivity index (χ3v) is 2.17. The van der Waals surface area contributed by atoms with E-state index in [0.29, 0.717) is 5.92 Å². The first kappa shape index (κ1) is 6.37. The molecule has 0 bridgehead atoms. The van der Waals surface area contributed by atoms with Gasteiger partial charge >= 0.3 is 0 Å². The molecule has 1 rings (SSSR count). The molecular weight excluding hydrogens is 124 g/mol. The Kier molecular flexibility index (Phi) is 2.15. The van der Waals surface area contributed by atoms with Crippen LogP contribution in [0.5, 0.6) is 0 Å². The van der Waals surface area contributed by atoms with Crippen molar-refractivity contribution in [1.82, 2.24) is 0 Å². The van der Waals surface area contributed by atoms with Crippen LogP contribution in [0.3, 0.4) is 0 Å². The van der Waals surface area contributed by atoms with Crippen molar-refractivity contribution in [1.29, 1.82) is 0 Å². The van der Waals surface area contributed by atoms with E-state index in [-0.39, 0.29) is 5.38 Å². The third-order valence-electron chi connectivity index (χ3n) is 1.61. The molecule has 2 atom stereocenters. The molecule has 1 unspecified atom stereocenters. The maximum atomic E-state index is 5.84. The summed E-state index contributed by atoms with van der Waals surface area (Å²) in [6.45, 7) is 3.80. The van der Waals surface area contributed by atoms with Gasteiger partial charge in [0.15, 0.2) is 0 Å². The third kappa shape index (κ3) is 1.36. The van der Waals surface area contributed by atoms with Crippen molar-refractivity contribution in [2.75, 3.05) is 13.2 Å². The van der Waals surface area contributed by atoms with Crippen molar-refractivity contribution < 1.29 is 4.74 Å². The standard InChI is InChI=1S/C6H11ClO/c1-5-2-3-8-4-6(5)7/h5-6H,2-4H2,1H3/t5-,6?/m1/s1. The van der Waals surface area contributed by atoms with Crippen LogP contribution in [0, 0.1) is 5.92 Å². The van der Waals surface area contributed by atoms with E-state index in [1.54, 1.807) is 0 Å². The predicted octanol–water partition coefficient (Wildman–Crippen LogP) is 1.65. The zero-order chi connectivity index (χ0) is 5.98. The van der Waals surface area contributed by atoms with Crippen LogP contribution in [-0.4, -0.2) is 18.6 Å². The highest BCUT2D eigenvalue weighted by Gasteiger charge is 2.18. The highest BCUT2D eigenvalue weighted by molar-refractivity contribution is 6.20. The number of halogens is 1. The van der Waals surface area contributed by atoms with Crippen molar-refractivity contribution in [3.05, 3.63) is 0 Å². The average molecular weight is 135 g/mol. The van der Waals surface area contributed by atoms with Gasteiger partial charge in [-0.15, -0.1) is 11.6 Å². The van der Waals surface area contributed by atoms with Gasteiger partial charge in [-0.05, 0) is 12.3 Å². The Bertz CT molecular complexity index is 64.9. The van der Waals surface area contributed by atoms with Gasteiger partial charge in [-0.1, -0.05) is 6.92 Å². The van der Waals surface area contributed by atoms with Gasteiger partial charge in [0.05, 0.1) is 12.0 Å². The monoisotopic (exact) mass is 134 g/mol. The largest absolute Gasteiger partial charge is 0.380 e. The molecule has 0 aromatic carbocycles. The lowest BCUT2D eigenvalue weighted by atomic mass is 10.0. The van der Waals surface area contributed by atoms with Crippen LogP contribution in [-0.2, 0) is 4.74 Å². The molecule has 8 heavy (non-hydrogen) atoms. The molecule has 0 aromatic heterocycles. The lowest BCUT2D eigenvalue weighted by Crippen LogP contribution is -2.25. The first-order valence-corrected chi connectivity index (χ1v) is 3.46. The van der Waals surface area contributed by atoms with E-state index in [1.165, 1.54) is 0 Å². The SMILES string of the molecule is C[C@@H]1CCOCC1Cl. The molecule has 1 saturated heterocycles. The van der Waals surface area contributed by atoms with Crippen LogP contribution in [0.1, 0.15) is 13.3 Å². The van der Waals surface area contributed by atoms with Crippen molar-refractivity contribution >= 4 is 11.6 Å². The molecule has 1 nitrogen and oxygen atoms in total. The molecule has 0 amide bonds.